The van der Waals surface area contributed by atoms with E-state index in [1.165, 1.54) is 6.07 Å². The molecule has 1 aromatic rings. The second-order valence-electron chi connectivity index (χ2n) is 4.38. The van der Waals surface area contributed by atoms with Crippen LogP contribution in [0.3, 0.4) is 0 Å². The predicted molar refractivity (Wildman–Crippen MR) is 74.0 cm³/mol. The molecule has 19 heavy (non-hydrogen) atoms. The number of halogens is 4. The monoisotopic (exact) mass is 308 g/mol. The zero-order valence-electron chi connectivity index (χ0n) is 10.1. The van der Waals surface area contributed by atoms with E-state index >= 15 is 0 Å². The van der Waals surface area contributed by atoms with Gasteiger partial charge in [0.2, 0.25) is 0 Å². The molecule has 1 aliphatic heterocycles. The van der Waals surface area contributed by atoms with Crippen molar-refractivity contribution >= 4 is 34.2 Å². The summed E-state index contributed by atoms with van der Waals surface area (Å²) in [5.41, 5.74) is -0.314. The third-order valence-corrected chi connectivity index (χ3v) is 4.14. The molecule has 0 aromatic heterocycles. The Kier molecular flexibility index (Phi) is 4.30. The Morgan fingerprint density at radius 2 is 2.16 bits per heavy atom. The molecule has 1 aromatic carbocycles. The van der Waals surface area contributed by atoms with Crippen molar-refractivity contribution in [1.82, 2.24) is 0 Å². The number of alkyl halides is 3. The summed E-state index contributed by atoms with van der Waals surface area (Å²) >= 11 is 7.40. The van der Waals surface area contributed by atoms with Crippen LogP contribution in [0.25, 0.3) is 0 Å². The molecule has 1 atom stereocenters. The molecule has 1 heterocycles. The van der Waals surface area contributed by atoms with E-state index in [0.717, 1.165) is 17.9 Å². The van der Waals surface area contributed by atoms with Gasteiger partial charge in [0.1, 0.15) is 0 Å². The van der Waals surface area contributed by atoms with E-state index in [2.05, 4.69) is 17.2 Å². The first-order chi connectivity index (χ1) is 8.86. The Morgan fingerprint density at radius 1 is 1.42 bits per heavy atom. The lowest BCUT2D eigenvalue weighted by Crippen LogP contribution is -2.19. The van der Waals surface area contributed by atoms with Crippen LogP contribution in [0.1, 0.15) is 12.5 Å². The zero-order chi connectivity index (χ0) is 14.0. The summed E-state index contributed by atoms with van der Waals surface area (Å²) in [6, 6.07) is 3.25. The largest absolute Gasteiger partial charge is 0.416 e. The first-order valence-electron chi connectivity index (χ1n) is 5.67. The van der Waals surface area contributed by atoms with Crippen LogP contribution < -0.4 is 5.32 Å². The summed E-state index contributed by atoms with van der Waals surface area (Å²) in [6.07, 6.45) is -4.38. The van der Waals surface area contributed by atoms with Crippen LogP contribution >= 0.6 is 23.4 Å². The molecular formula is C12H12ClF3N2S. The van der Waals surface area contributed by atoms with Gasteiger partial charge in [-0.2, -0.15) is 13.2 Å². The van der Waals surface area contributed by atoms with Crippen LogP contribution in [-0.2, 0) is 6.18 Å². The summed E-state index contributed by atoms with van der Waals surface area (Å²) in [4.78, 5) is 4.31. The molecule has 1 unspecified atom stereocenters. The number of nitrogens with one attached hydrogen (secondary N) is 1. The zero-order valence-corrected chi connectivity index (χ0v) is 11.7. The molecule has 0 aliphatic carbocycles. The molecule has 0 spiro atoms. The first kappa shape index (κ1) is 14.5. The van der Waals surface area contributed by atoms with Crippen LogP contribution in [0, 0.1) is 5.92 Å². The fraction of sp³-hybridized carbons (Fsp3) is 0.417. The van der Waals surface area contributed by atoms with Gasteiger partial charge >= 0.3 is 6.18 Å². The maximum absolute atomic E-state index is 12.5. The molecule has 1 N–H and O–H groups in total. The number of rotatable bonds is 1. The van der Waals surface area contributed by atoms with Crippen molar-refractivity contribution in [1.29, 1.82) is 0 Å². The van der Waals surface area contributed by atoms with Gasteiger partial charge in [0.05, 0.1) is 16.3 Å². The summed E-state index contributed by atoms with van der Waals surface area (Å²) in [5.74, 6) is 1.45. The normalized spacial score (nSPS) is 20.1. The number of benzene rings is 1. The standard InChI is InChI=1S/C12H12ClF3N2S/c1-7-5-17-11(19-6-7)18-10-3-2-8(4-9(10)13)12(14,15)16/h2-4,7H,5-6H2,1H3,(H,17,18). The van der Waals surface area contributed by atoms with Crippen molar-refractivity contribution in [3.05, 3.63) is 28.8 Å². The van der Waals surface area contributed by atoms with Crippen molar-refractivity contribution in [3.63, 3.8) is 0 Å². The van der Waals surface area contributed by atoms with Crippen molar-refractivity contribution in [3.8, 4) is 0 Å². The smallest absolute Gasteiger partial charge is 0.334 e. The van der Waals surface area contributed by atoms with Gasteiger partial charge in [-0.05, 0) is 24.1 Å². The highest BCUT2D eigenvalue weighted by Gasteiger charge is 2.31. The second kappa shape index (κ2) is 5.63. The lowest BCUT2D eigenvalue weighted by molar-refractivity contribution is -0.137. The van der Waals surface area contributed by atoms with Crippen molar-refractivity contribution in [2.24, 2.45) is 10.9 Å². The number of amidine groups is 1. The Labute approximate surface area is 118 Å². The van der Waals surface area contributed by atoms with Crippen LogP contribution in [-0.4, -0.2) is 17.5 Å². The molecule has 0 amide bonds. The number of hydrogen-bond acceptors (Lipinski definition) is 3. The van der Waals surface area contributed by atoms with Gasteiger partial charge < -0.3 is 5.32 Å². The highest BCUT2D eigenvalue weighted by Crippen LogP contribution is 2.34. The average molecular weight is 309 g/mol. The van der Waals surface area contributed by atoms with Crippen LogP contribution in [0.4, 0.5) is 18.9 Å². The highest BCUT2D eigenvalue weighted by atomic mass is 35.5. The van der Waals surface area contributed by atoms with E-state index in [-0.39, 0.29) is 5.02 Å². The molecule has 0 radical (unpaired) electrons. The van der Waals surface area contributed by atoms with Crippen LogP contribution in [0.2, 0.25) is 5.02 Å². The van der Waals surface area contributed by atoms with Crippen LogP contribution in [0.15, 0.2) is 23.2 Å². The lowest BCUT2D eigenvalue weighted by atomic mass is 10.2. The van der Waals surface area contributed by atoms with Crippen molar-refractivity contribution in [2.45, 2.75) is 13.1 Å². The molecule has 0 fully saturated rings. The molecule has 0 saturated carbocycles. The van der Waals surface area contributed by atoms with E-state index in [0.29, 0.717) is 23.3 Å². The van der Waals surface area contributed by atoms with Gasteiger partial charge in [-0.15, -0.1) is 0 Å². The third-order valence-electron chi connectivity index (χ3n) is 2.59. The Bertz CT molecular complexity index is 502. The van der Waals surface area contributed by atoms with E-state index in [9.17, 15) is 13.2 Å². The van der Waals surface area contributed by atoms with Gasteiger partial charge in [-0.25, -0.2) is 0 Å². The maximum Gasteiger partial charge on any atom is 0.416 e. The summed E-state index contributed by atoms with van der Waals surface area (Å²) in [7, 11) is 0. The van der Waals surface area contributed by atoms with E-state index in [4.69, 9.17) is 11.6 Å². The molecular weight excluding hydrogens is 297 g/mol. The summed E-state index contributed by atoms with van der Waals surface area (Å²) < 4.78 is 37.5. The van der Waals surface area contributed by atoms with E-state index in [1.807, 2.05) is 0 Å². The lowest BCUT2D eigenvalue weighted by Gasteiger charge is -2.18. The molecule has 2 nitrogen and oxygen atoms in total. The first-order valence-corrected chi connectivity index (χ1v) is 7.03. The minimum atomic E-state index is -4.38. The molecule has 2 rings (SSSR count). The molecule has 1 aliphatic rings. The van der Waals surface area contributed by atoms with Crippen molar-refractivity contribution in [2.75, 3.05) is 17.6 Å². The quantitative estimate of drug-likeness (QED) is 0.825. The fourth-order valence-corrected chi connectivity index (χ4v) is 2.67. The van der Waals surface area contributed by atoms with Gasteiger partial charge in [0.25, 0.3) is 0 Å². The number of anilines is 1. The molecule has 7 heteroatoms. The minimum Gasteiger partial charge on any atom is -0.334 e. The second-order valence-corrected chi connectivity index (χ2v) is 5.80. The maximum atomic E-state index is 12.5. The van der Waals surface area contributed by atoms with E-state index < -0.39 is 11.7 Å². The van der Waals surface area contributed by atoms with Gasteiger partial charge in [-0.1, -0.05) is 30.3 Å². The van der Waals surface area contributed by atoms with Crippen LogP contribution in [0.5, 0.6) is 0 Å². The highest BCUT2D eigenvalue weighted by molar-refractivity contribution is 8.14. The number of hydrogen-bond donors (Lipinski definition) is 1. The van der Waals surface area contributed by atoms with E-state index in [1.54, 1.807) is 11.8 Å². The average Bonchev–Trinajstić information content (AvgIpc) is 2.33. The van der Waals surface area contributed by atoms with Crippen molar-refractivity contribution < 1.29 is 13.2 Å². The van der Waals surface area contributed by atoms with Gasteiger partial charge in [0, 0.05) is 12.3 Å². The Morgan fingerprint density at radius 3 is 2.68 bits per heavy atom. The fourth-order valence-electron chi connectivity index (χ4n) is 1.54. The SMILES string of the molecule is CC1CN=C(Nc2ccc(C(F)(F)F)cc2Cl)SC1. The molecule has 104 valence electrons. The summed E-state index contributed by atoms with van der Waals surface area (Å²) in [5, 5.41) is 3.69. The number of nitrogens with zero attached hydrogens (tertiary/aromatic N) is 1. The van der Waals surface area contributed by atoms with Gasteiger partial charge in [-0.3, -0.25) is 4.99 Å². The summed E-state index contributed by atoms with van der Waals surface area (Å²) in [6.45, 7) is 2.81. The minimum absolute atomic E-state index is 0.0387. The predicted octanol–water partition coefficient (Wildman–Crippen LogP) is 4.51. The molecule has 0 bridgehead atoms. The molecule has 0 saturated heterocycles. The number of aliphatic imine (C=N–C) groups is 1. The Hall–Kier alpha value is -0.880. The number of thioether (sulfide) groups is 1. The van der Waals surface area contributed by atoms with Gasteiger partial charge in [0.15, 0.2) is 5.17 Å². The third kappa shape index (κ3) is 3.79. The Balaban J connectivity index is 2.14. The topological polar surface area (TPSA) is 24.4 Å².